The van der Waals surface area contributed by atoms with Crippen molar-refractivity contribution in [3.8, 4) is 0 Å². The molecular formula is C11H18N3O8P. The number of hydrogen-bond acceptors (Lipinski definition) is 9. The summed E-state index contributed by atoms with van der Waals surface area (Å²) in [6.45, 7) is -0.213. The summed E-state index contributed by atoms with van der Waals surface area (Å²) >= 11 is 0. The molecule has 1 fully saturated rings. The van der Waals surface area contributed by atoms with Crippen LogP contribution in [0.3, 0.4) is 0 Å². The lowest BCUT2D eigenvalue weighted by Gasteiger charge is -2.21. The molecule has 0 aromatic carbocycles. The highest BCUT2D eigenvalue weighted by atomic mass is 31.2. The Labute approximate surface area is 131 Å². The van der Waals surface area contributed by atoms with Crippen LogP contribution in [0.2, 0.25) is 0 Å². The summed E-state index contributed by atoms with van der Waals surface area (Å²) in [6, 6.07) is 1.10. The van der Waals surface area contributed by atoms with E-state index in [-0.39, 0.29) is 19.8 Å². The average molecular weight is 351 g/mol. The summed E-state index contributed by atoms with van der Waals surface area (Å²) < 4.78 is 16.7. The SMILES string of the molecule is NP(O)O[C@H]1[C@@H](O)[C@H](n2ccc(=O)[nH]c2=O)O[C@@H]1COCCO. The lowest BCUT2D eigenvalue weighted by Crippen LogP contribution is -2.38. The zero-order chi connectivity index (χ0) is 17.0. The van der Waals surface area contributed by atoms with Crippen molar-refractivity contribution in [2.75, 3.05) is 19.8 Å². The molecule has 0 radical (unpaired) electrons. The van der Waals surface area contributed by atoms with Gasteiger partial charge in [-0.15, -0.1) is 0 Å². The first kappa shape index (κ1) is 18.2. The second-order valence-electron chi connectivity index (χ2n) is 4.74. The summed E-state index contributed by atoms with van der Waals surface area (Å²) in [6.07, 6.45) is -3.18. The van der Waals surface area contributed by atoms with Crippen LogP contribution in [0.25, 0.3) is 0 Å². The Hall–Kier alpha value is -1.17. The van der Waals surface area contributed by atoms with E-state index in [1.165, 1.54) is 6.20 Å². The molecule has 0 saturated carbocycles. The summed E-state index contributed by atoms with van der Waals surface area (Å²) in [7, 11) is -2.27. The van der Waals surface area contributed by atoms with Gasteiger partial charge in [-0.3, -0.25) is 19.8 Å². The number of aromatic amines is 1. The van der Waals surface area contributed by atoms with Gasteiger partial charge >= 0.3 is 5.69 Å². The molecule has 1 aliphatic rings. The molecule has 1 unspecified atom stereocenters. The van der Waals surface area contributed by atoms with Crippen molar-refractivity contribution in [3.63, 3.8) is 0 Å². The van der Waals surface area contributed by atoms with Crippen LogP contribution in [0.4, 0.5) is 0 Å². The molecule has 11 nitrogen and oxygen atoms in total. The zero-order valence-electron chi connectivity index (χ0n) is 11.9. The average Bonchev–Trinajstić information content (AvgIpc) is 2.76. The van der Waals surface area contributed by atoms with Crippen LogP contribution in [-0.2, 0) is 14.0 Å². The fourth-order valence-corrected chi connectivity index (χ4v) is 2.74. The van der Waals surface area contributed by atoms with Gasteiger partial charge in [-0.2, -0.15) is 0 Å². The Bertz CT molecular complexity index is 620. The number of nitrogens with zero attached hydrogens (tertiary/aromatic N) is 1. The lowest BCUT2D eigenvalue weighted by atomic mass is 10.1. The van der Waals surface area contributed by atoms with Crippen LogP contribution in [0.15, 0.2) is 21.9 Å². The molecule has 1 aromatic heterocycles. The summed E-state index contributed by atoms with van der Waals surface area (Å²) in [5, 5.41) is 19.0. The van der Waals surface area contributed by atoms with E-state index in [9.17, 15) is 19.6 Å². The topological polar surface area (TPSA) is 169 Å². The van der Waals surface area contributed by atoms with E-state index in [2.05, 4.69) is 0 Å². The van der Waals surface area contributed by atoms with Gasteiger partial charge in [0.15, 0.2) is 6.23 Å². The van der Waals surface area contributed by atoms with Gasteiger partial charge in [-0.25, -0.2) is 4.79 Å². The van der Waals surface area contributed by atoms with Gasteiger partial charge in [0.2, 0.25) is 0 Å². The van der Waals surface area contributed by atoms with E-state index < -0.39 is 44.3 Å². The smallest absolute Gasteiger partial charge is 0.330 e. The monoisotopic (exact) mass is 351 g/mol. The molecule has 0 spiro atoms. The van der Waals surface area contributed by atoms with Crippen molar-refractivity contribution in [1.82, 2.24) is 9.55 Å². The highest BCUT2D eigenvalue weighted by Crippen LogP contribution is 2.36. The Kier molecular flexibility index (Phi) is 6.39. The van der Waals surface area contributed by atoms with Crippen molar-refractivity contribution in [1.29, 1.82) is 0 Å². The van der Waals surface area contributed by atoms with Crippen molar-refractivity contribution in [2.45, 2.75) is 24.5 Å². The van der Waals surface area contributed by atoms with Gasteiger partial charge in [0.1, 0.15) is 18.3 Å². The number of aromatic nitrogens is 2. The van der Waals surface area contributed by atoms with Gasteiger partial charge in [-0.1, -0.05) is 0 Å². The maximum Gasteiger partial charge on any atom is 0.330 e. The van der Waals surface area contributed by atoms with Crippen LogP contribution in [0, 0.1) is 0 Å². The van der Waals surface area contributed by atoms with E-state index in [1.54, 1.807) is 0 Å². The minimum absolute atomic E-state index is 0.0441. The van der Waals surface area contributed by atoms with Gasteiger partial charge < -0.3 is 29.1 Å². The molecule has 1 saturated heterocycles. The quantitative estimate of drug-likeness (QED) is 0.260. The van der Waals surface area contributed by atoms with Crippen LogP contribution in [-0.4, -0.2) is 62.8 Å². The van der Waals surface area contributed by atoms with Crippen LogP contribution < -0.4 is 16.8 Å². The molecule has 0 amide bonds. The Balaban J connectivity index is 2.21. The minimum Gasteiger partial charge on any atom is -0.394 e. The number of nitrogens with two attached hydrogens (primary N) is 1. The third-order valence-corrected chi connectivity index (χ3v) is 3.64. The predicted octanol–water partition coefficient (Wildman–Crippen LogP) is -2.63. The second kappa shape index (κ2) is 8.08. The number of aliphatic hydroxyl groups is 2. The molecule has 1 aliphatic heterocycles. The number of aliphatic hydroxyl groups excluding tert-OH is 2. The molecule has 6 N–H and O–H groups in total. The highest BCUT2D eigenvalue weighted by Gasteiger charge is 2.46. The lowest BCUT2D eigenvalue weighted by molar-refractivity contribution is -0.0698. The van der Waals surface area contributed by atoms with Crippen molar-refractivity contribution < 1.29 is 29.1 Å². The van der Waals surface area contributed by atoms with Crippen molar-refractivity contribution >= 4 is 8.53 Å². The maximum absolute atomic E-state index is 11.8. The normalized spacial score (nSPS) is 28.9. The Morgan fingerprint density at radius 1 is 1.48 bits per heavy atom. The fraction of sp³-hybridized carbons (Fsp3) is 0.636. The Morgan fingerprint density at radius 2 is 2.22 bits per heavy atom. The number of hydrogen-bond donors (Lipinski definition) is 5. The van der Waals surface area contributed by atoms with E-state index in [4.69, 9.17) is 24.6 Å². The molecule has 2 heterocycles. The molecular weight excluding hydrogens is 333 g/mol. The first-order valence-corrected chi connectivity index (χ1v) is 7.96. The molecule has 0 bridgehead atoms. The molecule has 23 heavy (non-hydrogen) atoms. The van der Waals surface area contributed by atoms with E-state index in [1.807, 2.05) is 4.98 Å². The van der Waals surface area contributed by atoms with E-state index in [0.717, 1.165) is 10.6 Å². The first-order valence-electron chi connectivity index (χ1n) is 6.68. The molecule has 2 rings (SSSR count). The minimum atomic E-state index is -2.27. The predicted molar refractivity (Wildman–Crippen MR) is 77.3 cm³/mol. The number of ether oxygens (including phenoxy) is 2. The molecule has 5 atom stereocenters. The summed E-state index contributed by atoms with van der Waals surface area (Å²) in [4.78, 5) is 34.2. The van der Waals surface area contributed by atoms with Gasteiger partial charge in [0.25, 0.3) is 14.1 Å². The highest BCUT2D eigenvalue weighted by molar-refractivity contribution is 7.43. The molecule has 12 heteroatoms. The van der Waals surface area contributed by atoms with E-state index in [0.29, 0.717) is 0 Å². The molecule has 1 aromatic rings. The molecule has 0 aliphatic carbocycles. The van der Waals surface area contributed by atoms with E-state index >= 15 is 0 Å². The molecule has 130 valence electrons. The second-order valence-corrected chi connectivity index (χ2v) is 5.56. The Morgan fingerprint density at radius 3 is 2.83 bits per heavy atom. The largest absolute Gasteiger partial charge is 0.394 e. The standard InChI is InChI=1S/C11H18N3O8P/c12-23(19)22-9-6(5-20-4-3-15)21-10(8(9)17)14-2-1-7(16)13-11(14)18/h1-2,6,8-10,15,17,19H,3-5,12H2,(H,13,16,18)/t6-,8-,9-,10-,23?/m1/s1. The maximum atomic E-state index is 11.8. The fourth-order valence-electron chi connectivity index (χ4n) is 2.23. The third-order valence-electron chi connectivity index (χ3n) is 3.18. The van der Waals surface area contributed by atoms with Crippen LogP contribution in [0.5, 0.6) is 0 Å². The van der Waals surface area contributed by atoms with Crippen molar-refractivity contribution in [3.05, 3.63) is 33.1 Å². The van der Waals surface area contributed by atoms with Gasteiger partial charge in [-0.05, 0) is 0 Å². The third kappa shape index (κ3) is 4.43. The summed E-state index contributed by atoms with van der Waals surface area (Å²) in [5.74, 6) is 0. The van der Waals surface area contributed by atoms with Gasteiger partial charge in [0, 0.05) is 12.3 Å². The number of rotatable bonds is 7. The van der Waals surface area contributed by atoms with Crippen LogP contribution >= 0.6 is 8.53 Å². The zero-order valence-corrected chi connectivity index (χ0v) is 12.8. The van der Waals surface area contributed by atoms with Gasteiger partial charge in [0.05, 0.1) is 19.8 Å². The number of nitrogens with one attached hydrogen (secondary N) is 1. The van der Waals surface area contributed by atoms with Crippen LogP contribution in [0.1, 0.15) is 6.23 Å². The number of H-pyrrole nitrogens is 1. The van der Waals surface area contributed by atoms with Crippen molar-refractivity contribution in [2.24, 2.45) is 5.50 Å². The summed E-state index contributed by atoms with van der Waals surface area (Å²) in [5.41, 5.74) is 3.86. The first-order chi connectivity index (χ1) is 10.9.